The van der Waals surface area contributed by atoms with E-state index in [-0.39, 0.29) is 10.8 Å². The van der Waals surface area contributed by atoms with Gasteiger partial charge < -0.3 is 15.5 Å². The lowest BCUT2D eigenvalue weighted by molar-refractivity contribution is -0.116. The Bertz CT molecular complexity index is 1460. The zero-order chi connectivity index (χ0) is 27.7. The number of benzene rings is 2. The first-order chi connectivity index (χ1) is 18.8. The van der Waals surface area contributed by atoms with Gasteiger partial charge in [-0.3, -0.25) is 4.79 Å². The number of amides is 1. The van der Waals surface area contributed by atoms with Crippen molar-refractivity contribution in [2.24, 2.45) is 0 Å². The van der Waals surface area contributed by atoms with Crippen molar-refractivity contribution in [3.05, 3.63) is 83.2 Å². The number of anilines is 3. The molecule has 0 aliphatic heterocycles. The fourth-order valence-electron chi connectivity index (χ4n) is 3.75. The third-order valence-electron chi connectivity index (χ3n) is 5.79. The number of aryl methyl sites for hydroxylation is 1. The van der Waals surface area contributed by atoms with Crippen LogP contribution in [0.1, 0.15) is 17.7 Å². The van der Waals surface area contributed by atoms with Gasteiger partial charge in [-0.05, 0) is 87.4 Å². The minimum absolute atomic E-state index is 0.0244. The molecule has 2 heterocycles. The summed E-state index contributed by atoms with van der Waals surface area (Å²) in [7, 11) is 0.333. The van der Waals surface area contributed by atoms with Crippen molar-refractivity contribution in [1.82, 2.24) is 19.6 Å². The first kappa shape index (κ1) is 28.4. The summed E-state index contributed by atoms with van der Waals surface area (Å²) in [5, 5.41) is 8.06. The van der Waals surface area contributed by atoms with Crippen LogP contribution in [0.5, 0.6) is 0 Å². The number of nitrogens with one attached hydrogen (secondary N) is 3. The summed E-state index contributed by atoms with van der Waals surface area (Å²) in [5.41, 5.74) is 2.98. The van der Waals surface area contributed by atoms with Crippen molar-refractivity contribution >= 4 is 44.6 Å². The van der Waals surface area contributed by atoms with Gasteiger partial charge in [-0.25, -0.2) is 23.1 Å². The second-order valence-electron chi connectivity index (χ2n) is 9.17. The fourth-order valence-corrected chi connectivity index (χ4v) is 5.53. The van der Waals surface area contributed by atoms with E-state index in [2.05, 4.69) is 25.3 Å². The van der Waals surface area contributed by atoms with E-state index in [1.54, 1.807) is 47.9 Å². The topological polar surface area (TPSA) is 116 Å². The Hall–Kier alpha value is -3.64. The molecule has 1 amide bonds. The Morgan fingerprint density at radius 2 is 1.72 bits per heavy atom. The molecule has 39 heavy (non-hydrogen) atoms. The van der Waals surface area contributed by atoms with E-state index in [9.17, 15) is 13.2 Å². The van der Waals surface area contributed by atoms with E-state index in [4.69, 9.17) is 0 Å². The van der Waals surface area contributed by atoms with Gasteiger partial charge in [-0.15, -0.1) is 11.3 Å². The molecule has 0 aliphatic carbocycles. The zero-order valence-corrected chi connectivity index (χ0v) is 23.6. The van der Waals surface area contributed by atoms with Crippen molar-refractivity contribution in [3.8, 4) is 11.3 Å². The average molecular weight is 565 g/mol. The molecule has 0 spiro atoms. The monoisotopic (exact) mass is 564 g/mol. The van der Waals surface area contributed by atoms with Crippen LogP contribution in [-0.4, -0.2) is 56.4 Å². The van der Waals surface area contributed by atoms with Gasteiger partial charge in [0.2, 0.25) is 21.9 Å². The molecular formula is C28H32N6O3S2. The van der Waals surface area contributed by atoms with Crippen molar-refractivity contribution < 1.29 is 13.2 Å². The Kier molecular flexibility index (Phi) is 9.77. The highest BCUT2D eigenvalue weighted by molar-refractivity contribution is 7.89. The van der Waals surface area contributed by atoms with Crippen LogP contribution in [0.4, 0.5) is 17.3 Å². The Morgan fingerprint density at radius 1 is 0.974 bits per heavy atom. The molecule has 0 saturated heterocycles. The molecule has 2 aromatic heterocycles. The molecule has 0 aliphatic rings. The molecule has 11 heteroatoms. The van der Waals surface area contributed by atoms with Crippen LogP contribution in [0.15, 0.2) is 83.2 Å². The summed E-state index contributed by atoms with van der Waals surface area (Å²) in [6.07, 6.45) is 3.54. The molecule has 4 aromatic rings. The predicted octanol–water partition coefficient (Wildman–Crippen LogP) is 4.75. The van der Waals surface area contributed by atoms with E-state index in [1.807, 2.05) is 60.8 Å². The number of carbonyl (C=O) groups excluding carboxylic acids is 1. The second-order valence-corrected chi connectivity index (χ2v) is 12.0. The maximum Gasteiger partial charge on any atom is 0.240 e. The molecule has 2 aromatic carbocycles. The smallest absolute Gasteiger partial charge is 0.240 e. The SMILES string of the molecule is CN(C)CCCNS(=O)(=O)c1ccc(Nc2nccc(-c3ccc(NC(=O)CCc4cccs4)cc3)n2)cc1. The Morgan fingerprint density at radius 3 is 2.41 bits per heavy atom. The molecule has 0 saturated carbocycles. The zero-order valence-electron chi connectivity index (χ0n) is 21.9. The highest BCUT2D eigenvalue weighted by Gasteiger charge is 2.13. The van der Waals surface area contributed by atoms with E-state index in [0.717, 1.165) is 30.6 Å². The number of hydrogen-bond donors (Lipinski definition) is 3. The lowest BCUT2D eigenvalue weighted by Crippen LogP contribution is -2.27. The normalized spacial score (nSPS) is 11.5. The van der Waals surface area contributed by atoms with Gasteiger partial charge in [0, 0.05) is 41.0 Å². The minimum Gasteiger partial charge on any atom is -0.326 e. The molecule has 9 nitrogen and oxygen atoms in total. The van der Waals surface area contributed by atoms with Crippen molar-refractivity contribution in [1.29, 1.82) is 0 Å². The maximum absolute atomic E-state index is 12.5. The van der Waals surface area contributed by atoms with Crippen LogP contribution in [-0.2, 0) is 21.2 Å². The molecule has 0 bridgehead atoms. The van der Waals surface area contributed by atoms with E-state index < -0.39 is 10.0 Å². The van der Waals surface area contributed by atoms with E-state index in [0.29, 0.717) is 30.3 Å². The Labute approximate surface area is 233 Å². The van der Waals surface area contributed by atoms with Gasteiger partial charge in [-0.2, -0.15) is 0 Å². The van der Waals surface area contributed by atoms with Gasteiger partial charge in [0.25, 0.3) is 0 Å². The van der Waals surface area contributed by atoms with Crippen LogP contribution in [0.2, 0.25) is 0 Å². The fraction of sp³-hybridized carbons (Fsp3) is 0.250. The number of thiophene rings is 1. The highest BCUT2D eigenvalue weighted by Crippen LogP contribution is 2.22. The summed E-state index contributed by atoms with van der Waals surface area (Å²) >= 11 is 1.65. The van der Waals surface area contributed by atoms with E-state index in [1.165, 1.54) is 4.88 Å². The lowest BCUT2D eigenvalue weighted by Gasteiger charge is -2.11. The number of sulfonamides is 1. The molecule has 204 valence electrons. The van der Waals surface area contributed by atoms with Crippen LogP contribution < -0.4 is 15.4 Å². The molecule has 0 unspecified atom stereocenters. The molecule has 0 atom stereocenters. The van der Waals surface area contributed by atoms with Gasteiger partial charge in [0.1, 0.15) is 0 Å². The van der Waals surface area contributed by atoms with Crippen LogP contribution >= 0.6 is 11.3 Å². The van der Waals surface area contributed by atoms with Crippen LogP contribution in [0.25, 0.3) is 11.3 Å². The standard InChI is InChI=1S/C28H32N6O3S2/c1-34(2)19-4-17-30-39(36,37)25-13-10-23(11-14-25)32-28-29-18-16-26(33-28)21-6-8-22(9-7-21)31-27(35)15-12-24-5-3-20-38-24/h3,5-11,13-14,16,18,20,30H,4,12,15,17,19H2,1-2H3,(H,31,35)(H,29,32,33). The largest absolute Gasteiger partial charge is 0.326 e. The number of aromatic nitrogens is 2. The summed E-state index contributed by atoms with van der Waals surface area (Å²) < 4.78 is 27.7. The summed E-state index contributed by atoms with van der Waals surface area (Å²) in [4.78, 5) is 24.5. The molecule has 0 fully saturated rings. The third-order valence-corrected chi connectivity index (χ3v) is 8.21. The van der Waals surface area contributed by atoms with Crippen LogP contribution in [0.3, 0.4) is 0 Å². The van der Waals surface area contributed by atoms with Crippen molar-refractivity contribution in [2.75, 3.05) is 37.8 Å². The lowest BCUT2D eigenvalue weighted by atomic mass is 10.1. The first-order valence-corrected chi connectivity index (χ1v) is 14.9. The number of nitrogens with zero attached hydrogens (tertiary/aromatic N) is 3. The van der Waals surface area contributed by atoms with Crippen molar-refractivity contribution in [3.63, 3.8) is 0 Å². The average Bonchev–Trinajstić information content (AvgIpc) is 3.45. The minimum atomic E-state index is -3.57. The Balaban J connectivity index is 1.33. The van der Waals surface area contributed by atoms with Crippen molar-refractivity contribution in [2.45, 2.75) is 24.2 Å². The number of rotatable bonds is 13. The highest BCUT2D eigenvalue weighted by atomic mass is 32.2. The third kappa shape index (κ3) is 8.69. The molecule has 3 N–H and O–H groups in total. The first-order valence-electron chi connectivity index (χ1n) is 12.6. The molecule has 4 rings (SSSR count). The molecular weight excluding hydrogens is 532 g/mol. The van der Waals surface area contributed by atoms with Gasteiger partial charge in [0.15, 0.2) is 0 Å². The van der Waals surface area contributed by atoms with Crippen LogP contribution in [0, 0.1) is 0 Å². The summed E-state index contributed by atoms with van der Waals surface area (Å²) in [6.45, 7) is 1.19. The summed E-state index contributed by atoms with van der Waals surface area (Å²) in [5.74, 6) is 0.361. The maximum atomic E-state index is 12.5. The number of hydrogen-bond acceptors (Lipinski definition) is 8. The quantitative estimate of drug-likeness (QED) is 0.201. The van der Waals surface area contributed by atoms with Gasteiger partial charge >= 0.3 is 0 Å². The summed E-state index contributed by atoms with van der Waals surface area (Å²) in [6, 6.07) is 19.8. The number of carbonyl (C=O) groups is 1. The van der Waals surface area contributed by atoms with E-state index >= 15 is 0 Å². The molecule has 0 radical (unpaired) electrons. The van der Waals surface area contributed by atoms with Gasteiger partial charge in [-0.1, -0.05) is 18.2 Å². The second kappa shape index (κ2) is 13.4. The predicted molar refractivity (Wildman–Crippen MR) is 157 cm³/mol. The van der Waals surface area contributed by atoms with Gasteiger partial charge in [0.05, 0.1) is 10.6 Å².